The number of fused-ring (bicyclic) bond motifs is 1. The standard InChI is InChI=1S/C23H25ClN6O.2ClH/c24-18-3-1-2-17(12-18)23(15-25)8-4-19(5-9-23)29-13-20-27-28-22(30(20)14-21(29)31)16-6-10-26-11-7-16;;/h1-3,6-7,10-12,19H,4-5,8-9,13-15,25H2;2*1H/t19-,23+;;. The van der Waals surface area contributed by atoms with E-state index in [9.17, 15) is 4.79 Å². The monoisotopic (exact) mass is 508 g/mol. The number of nitrogens with two attached hydrogens (primary N) is 1. The molecule has 3 heterocycles. The Morgan fingerprint density at radius 2 is 1.79 bits per heavy atom. The number of carbonyl (C=O) groups is 1. The van der Waals surface area contributed by atoms with Gasteiger partial charge in [-0.15, -0.1) is 35.0 Å². The smallest absolute Gasteiger partial charge is 0.243 e. The molecule has 1 amide bonds. The van der Waals surface area contributed by atoms with Crippen molar-refractivity contribution in [1.29, 1.82) is 0 Å². The Morgan fingerprint density at radius 1 is 1.06 bits per heavy atom. The van der Waals surface area contributed by atoms with Gasteiger partial charge in [0, 0.05) is 41.0 Å². The van der Waals surface area contributed by atoms with Crippen LogP contribution in [0.2, 0.25) is 5.02 Å². The Morgan fingerprint density at radius 3 is 2.45 bits per heavy atom. The van der Waals surface area contributed by atoms with Gasteiger partial charge in [-0.05, 0) is 55.5 Å². The molecule has 176 valence electrons. The second kappa shape index (κ2) is 10.4. The number of amides is 1. The van der Waals surface area contributed by atoms with Crippen LogP contribution in [0.5, 0.6) is 0 Å². The van der Waals surface area contributed by atoms with Crippen LogP contribution in [0, 0.1) is 0 Å². The van der Waals surface area contributed by atoms with Crippen molar-refractivity contribution >= 4 is 42.3 Å². The molecule has 0 spiro atoms. The summed E-state index contributed by atoms with van der Waals surface area (Å²) in [5.41, 5.74) is 8.29. The Kier molecular flexibility index (Phi) is 8.00. The van der Waals surface area contributed by atoms with Crippen molar-refractivity contribution in [2.24, 2.45) is 5.73 Å². The highest BCUT2D eigenvalue weighted by molar-refractivity contribution is 6.30. The third-order valence-corrected chi connectivity index (χ3v) is 7.11. The molecule has 1 fully saturated rings. The fourth-order valence-electron chi connectivity index (χ4n) is 5.03. The van der Waals surface area contributed by atoms with Crippen LogP contribution in [-0.2, 0) is 23.3 Å². The van der Waals surface area contributed by atoms with E-state index in [-0.39, 0.29) is 48.7 Å². The zero-order valence-electron chi connectivity index (χ0n) is 18.1. The maximum atomic E-state index is 13.1. The molecule has 2 aliphatic rings. The maximum Gasteiger partial charge on any atom is 0.243 e. The van der Waals surface area contributed by atoms with Crippen LogP contribution in [0.4, 0.5) is 0 Å². The van der Waals surface area contributed by atoms with Gasteiger partial charge in [0.1, 0.15) is 6.54 Å². The van der Waals surface area contributed by atoms with Crippen molar-refractivity contribution in [1.82, 2.24) is 24.6 Å². The molecule has 0 atom stereocenters. The van der Waals surface area contributed by atoms with Gasteiger partial charge in [-0.25, -0.2) is 0 Å². The molecule has 2 N–H and O–H groups in total. The van der Waals surface area contributed by atoms with E-state index in [1.54, 1.807) is 12.4 Å². The van der Waals surface area contributed by atoms with Gasteiger partial charge in [-0.1, -0.05) is 23.7 Å². The zero-order chi connectivity index (χ0) is 21.4. The van der Waals surface area contributed by atoms with Crippen molar-refractivity contribution < 1.29 is 4.79 Å². The second-order valence-corrected chi connectivity index (χ2v) is 8.95. The van der Waals surface area contributed by atoms with Gasteiger partial charge in [0.05, 0.1) is 6.54 Å². The van der Waals surface area contributed by atoms with E-state index < -0.39 is 0 Å². The average molecular weight is 510 g/mol. The van der Waals surface area contributed by atoms with Gasteiger partial charge in [-0.3, -0.25) is 14.3 Å². The van der Waals surface area contributed by atoms with Crippen LogP contribution in [0.15, 0.2) is 48.8 Å². The first-order valence-electron chi connectivity index (χ1n) is 10.7. The Labute approximate surface area is 210 Å². The number of halogens is 3. The molecule has 2 aromatic heterocycles. The summed E-state index contributed by atoms with van der Waals surface area (Å²) in [6.45, 7) is 1.35. The number of hydrogen-bond acceptors (Lipinski definition) is 5. The zero-order valence-corrected chi connectivity index (χ0v) is 20.5. The molecule has 7 nitrogen and oxygen atoms in total. The number of pyridine rings is 1. The van der Waals surface area contributed by atoms with Crippen molar-refractivity contribution in [3.8, 4) is 11.4 Å². The van der Waals surface area contributed by atoms with Crippen LogP contribution >= 0.6 is 36.4 Å². The summed E-state index contributed by atoms with van der Waals surface area (Å²) >= 11 is 6.23. The largest absolute Gasteiger partial charge is 0.331 e. The molecule has 3 aromatic rings. The highest BCUT2D eigenvalue weighted by Gasteiger charge is 2.40. The first-order chi connectivity index (χ1) is 15.1. The molecule has 1 aliphatic carbocycles. The van der Waals surface area contributed by atoms with E-state index >= 15 is 0 Å². The fourth-order valence-corrected chi connectivity index (χ4v) is 5.22. The SMILES string of the molecule is Cl.Cl.NC[C@]1(c2cccc(Cl)c2)CC[C@@H](N2Cc3nnc(-c4ccncc4)n3CC2=O)CC1. The molecule has 5 rings (SSSR count). The molecule has 33 heavy (non-hydrogen) atoms. The molecule has 0 saturated heterocycles. The molecule has 10 heteroatoms. The third kappa shape index (κ3) is 4.73. The van der Waals surface area contributed by atoms with E-state index in [1.807, 2.05) is 39.8 Å². The summed E-state index contributed by atoms with van der Waals surface area (Å²) in [4.78, 5) is 19.1. The summed E-state index contributed by atoms with van der Waals surface area (Å²) in [6.07, 6.45) is 7.15. The first-order valence-corrected chi connectivity index (χ1v) is 11.1. The van der Waals surface area contributed by atoms with Crippen molar-refractivity contribution in [2.45, 2.75) is 50.2 Å². The number of benzene rings is 1. The Balaban J connectivity index is 0.00000153. The molecule has 1 aliphatic heterocycles. The van der Waals surface area contributed by atoms with Gasteiger partial charge in [0.25, 0.3) is 0 Å². The predicted octanol–water partition coefficient (Wildman–Crippen LogP) is 4.02. The maximum absolute atomic E-state index is 13.1. The molecule has 1 aromatic carbocycles. The summed E-state index contributed by atoms with van der Waals surface area (Å²) in [7, 11) is 0. The van der Waals surface area contributed by atoms with Gasteiger partial charge < -0.3 is 10.6 Å². The quantitative estimate of drug-likeness (QED) is 0.574. The minimum absolute atomic E-state index is 0. The molecule has 0 radical (unpaired) electrons. The lowest BCUT2D eigenvalue weighted by Gasteiger charge is -2.44. The summed E-state index contributed by atoms with van der Waals surface area (Å²) in [5, 5.41) is 9.46. The average Bonchev–Trinajstić information content (AvgIpc) is 3.22. The number of aromatic nitrogens is 4. The number of rotatable bonds is 4. The van der Waals surface area contributed by atoms with Crippen molar-refractivity contribution in [3.63, 3.8) is 0 Å². The van der Waals surface area contributed by atoms with E-state index in [2.05, 4.69) is 21.2 Å². The van der Waals surface area contributed by atoms with Gasteiger partial charge in [0.15, 0.2) is 11.6 Å². The van der Waals surface area contributed by atoms with Gasteiger partial charge in [0.2, 0.25) is 5.91 Å². The van der Waals surface area contributed by atoms with Gasteiger partial charge >= 0.3 is 0 Å². The molecule has 1 saturated carbocycles. The molecule has 0 unspecified atom stereocenters. The lowest BCUT2D eigenvalue weighted by Crippen LogP contribution is -2.50. The van der Waals surface area contributed by atoms with Crippen LogP contribution < -0.4 is 5.73 Å². The minimum atomic E-state index is -0.0746. The molecule has 0 bridgehead atoms. The van der Waals surface area contributed by atoms with E-state index in [1.165, 1.54) is 5.56 Å². The Bertz CT molecular complexity index is 1100. The van der Waals surface area contributed by atoms with Crippen LogP contribution in [0.3, 0.4) is 0 Å². The van der Waals surface area contributed by atoms with E-state index in [0.717, 1.165) is 47.9 Å². The highest BCUT2D eigenvalue weighted by Crippen LogP contribution is 2.41. The molecular formula is C23H27Cl3N6O. The number of nitrogens with zero attached hydrogens (tertiary/aromatic N) is 5. The van der Waals surface area contributed by atoms with Crippen molar-refractivity contribution in [2.75, 3.05) is 6.54 Å². The number of carbonyl (C=O) groups excluding carboxylic acids is 1. The Hall–Kier alpha value is -2.19. The topological polar surface area (TPSA) is 89.9 Å². The van der Waals surface area contributed by atoms with Crippen LogP contribution in [-0.4, -0.2) is 43.1 Å². The summed E-state index contributed by atoms with van der Waals surface area (Å²) in [6, 6.07) is 12.0. The lowest BCUT2D eigenvalue weighted by molar-refractivity contribution is -0.137. The first kappa shape index (κ1) is 25.4. The van der Waals surface area contributed by atoms with Crippen molar-refractivity contribution in [3.05, 3.63) is 65.2 Å². The normalized spacial score (nSPS) is 22.2. The summed E-state index contributed by atoms with van der Waals surface area (Å²) < 4.78 is 1.92. The van der Waals surface area contributed by atoms with Gasteiger partial charge in [-0.2, -0.15) is 0 Å². The second-order valence-electron chi connectivity index (χ2n) is 8.51. The fraction of sp³-hybridized carbons (Fsp3) is 0.391. The minimum Gasteiger partial charge on any atom is -0.331 e. The highest BCUT2D eigenvalue weighted by atomic mass is 35.5. The van der Waals surface area contributed by atoms with E-state index in [0.29, 0.717) is 13.1 Å². The van der Waals surface area contributed by atoms with Crippen LogP contribution in [0.25, 0.3) is 11.4 Å². The summed E-state index contributed by atoms with van der Waals surface area (Å²) in [5.74, 6) is 1.67. The molecular weight excluding hydrogens is 483 g/mol. The lowest BCUT2D eigenvalue weighted by atomic mass is 9.68. The van der Waals surface area contributed by atoms with Crippen LogP contribution in [0.1, 0.15) is 37.1 Å². The van der Waals surface area contributed by atoms with E-state index in [4.69, 9.17) is 17.3 Å². The third-order valence-electron chi connectivity index (χ3n) is 6.87. The predicted molar refractivity (Wildman–Crippen MR) is 133 cm³/mol. The number of hydrogen-bond donors (Lipinski definition) is 1.